The molecule has 0 aliphatic carbocycles. The fraction of sp³-hybridized carbons (Fsp3) is 0.250. The highest BCUT2D eigenvalue weighted by Crippen LogP contribution is 2.36. The summed E-state index contributed by atoms with van der Waals surface area (Å²) in [5, 5.41) is 9.50. The Morgan fingerprint density at radius 3 is 2.60 bits per heavy atom. The summed E-state index contributed by atoms with van der Waals surface area (Å²) in [5.74, 6) is -0.130. The van der Waals surface area contributed by atoms with Gasteiger partial charge in [-0.3, -0.25) is 9.79 Å². The van der Waals surface area contributed by atoms with E-state index in [0.717, 1.165) is 42.0 Å². The molecule has 0 radical (unpaired) electrons. The Hall–Kier alpha value is -4.34. The standard InChI is InChI=1S/C31H31ClFN7O.CH4/c1-34-14-5-15-40(3)26-7-4-6-25(33)27(26)29-24-16-21(32)10-13-23(24)28-20(17-36-29)18-37-31(39-28)38-22-11-8-19(9-12-22)30(41)35-2;/h4,6-13,16,18,34H,5,14-15,17H2,1-3H3,(H,35,41)(H,37,38,39);1H4. The van der Waals surface area contributed by atoms with Crippen molar-refractivity contribution in [3.8, 4) is 11.3 Å². The van der Waals surface area contributed by atoms with Gasteiger partial charge >= 0.3 is 0 Å². The number of benzene rings is 3. The van der Waals surface area contributed by atoms with Crippen LogP contribution in [0.25, 0.3) is 11.3 Å². The Bertz CT molecular complexity index is 1610. The Balaban J connectivity index is 0.00000405. The number of aromatic nitrogens is 2. The van der Waals surface area contributed by atoms with Crippen molar-refractivity contribution in [1.29, 1.82) is 0 Å². The van der Waals surface area contributed by atoms with E-state index in [9.17, 15) is 4.79 Å². The molecule has 0 saturated carbocycles. The molecule has 0 fully saturated rings. The van der Waals surface area contributed by atoms with E-state index in [2.05, 4.69) is 25.8 Å². The normalized spacial score (nSPS) is 11.8. The summed E-state index contributed by atoms with van der Waals surface area (Å²) >= 11 is 6.48. The molecule has 0 bridgehead atoms. The molecule has 2 heterocycles. The van der Waals surface area contributed by atoms with Gasteiger partial charge < -0.3 is 20.9 Å². The minimum atomic E-state index is -0.354. The lowest BCUT2D eigenvalue weighted by molar-refractivity contribution is 0.0963. The van der Waals surface area contributed by atoms with Gasteiger partial charge in [0.15, 0.2) is 0 Å². The first-order valence-corrected chi connectivity index (χ1v) is 13.7. The van der Waals surface area contributed by atoms with E-state index in [1.165, 1.54) is 6.07 Å². The van der Waals surface area contributed by atoms with Crippen molar-refractivity contribution in [3.63, 3.8) is 0 Å². The van der Waals surface area contributed by atoms with Crippen LogP contribution in [0.1, 0.15) is 40.9 Å². The van der Waals surface area contributed by atoms with E-state index in [1.807, 2.05) is 32.3 Å². The zero-order valence-corrected chi connectivity index (χ0v) is 23.9. The third-order valence-electron chi connectivity index (χ3n) is 6.95. The van der Waals surface area contributed by atoms with Gasteiger partial charge in [-0.05, 0) is 68.5 Å². The SMILES string of the molecule is C.CNCCCN(C)c1cccc(F)c1C1=NCc2cnc(Nc3ccc(C(=O)NC)cc3)nc2-c2ccc(Cl)cc21. The number of anilines is 3. The van der Waals surface area contributed by atoms with Crippen molar-refractivity contribution in [3.05, 3.63) is 100.0 Å². The van der Waals surface area contributed by atoms with E-state index in [4.69, 9.17) is 21.6 Å². The lowest BCUT2D eigenvalue weighted by Gasteiger charge is -2.24. The number of aliphatic imine (C=N–C) groups is 1. The number of fused-ring (bicyclic) bond motifs is 3. The highest BCUT2D eigenvalue weighted by Gasteiger charge is 2.26. The second-order valence-corrected chi connectivity index (χ2v) is 10.2. The molecule has 3 N–H and O–H groups in total. The summed E-state index contributed by atoms with van der Waals surface area (Å²) < 4.78 is 15.6. The predicted octanol–water partition coefficient (Wildman–Crippen LogP) is 6.07. The predicted molar refractivity (Wildman–Crippen MR) is 170 cm³/mol. The summed E-state index contributed by atoms with van der Waals surface area (Å²) in [6.07, 6.45) is 2.64. The molecule has 1 aliphatic rings. The molecule has 3 aromatic carbocycles. The summed E-state index contributed by atoms with van der Waals surface area (Å²) in [7, 11) is 5.47. The van der Waals surface area contributed by atoms with Crippen LogP contribution in [0.5, 0.6) is 0 Å². The molecule has 0 saturated heterocycles. The Kier molecular flexibility index (Phi) is 9.88. The maximum Gasteiger partial charge on any atom is 0.251 e. The molecule has 4 aromatic rings. The molecule has 8 nitrogen and oxygen atoms in total. The Morgan fingerprint density at radius 1 is 1.07 bits per heavy atom. The van der Waals surface area contributed by atoms with E-state index >= 15 is 4.39 Å². The van der Waals surface area contributed by atoms with Crippen molar-refractivity contribution >= 4 is 40.5 Å². The quantitative estimate of drug-likeness (QED) is 0.206. The number of halogens is 2. The molecular weight excluding hydrogens is 553 g/mol. The monoisotopic (exact) mass is 587 g/mol. The number of carbonyl (C=O) groups is 1. The minimum absolute atomic E-state index is 0. The number of nitrogens with one attached hydrogen (secondary N) is 3. The van der Waals surface area contributed by atoms with Crippen LogP contribution in [0, 0.1) is 5.82 Å². The maximum absolute atomic E-state index is 15.6. The average Bonchev–Trinajstić information content (AvgIpc) is 3.13. The van der Waals surface area contributed by atoms with Gasteiger partial charge in [0, 0.05) is 65.5 Å². The van der Waals surface area contributed by atoms with Gasteiger partial charge in [-0.15, -0.1) is 0 Å². The Morgan fingerprint density at radius 2 is 1.86 bits per heavy atom. The van der Waals surface area contributed by atoms with Crippen LogP contribution >= 0.6 is 11.6 Å². The van der Waals surface area contributed by atoms with Crippen LogP contribution in [-0.2, 0) is 6.54 Å². The second kappa shape index (κ2) is 13.5. The summed E-state index contributed by atoms with van der Waals surface area (Å²) in [4.78, 5) is 28.2. The number of amides is 1. The van der Waals surface area contributed by atoms with E-state index in [-0.39, 0.29) is 25.7 Å². The van der Waals surface area contributed by atoms with Gasteiger partial charge in [-0.1, -0.05) is 31.2 Å². The van der Waals surface area contributed by atoms with Gasteiger partial charge in [0.2, 0.25) is 5.95 Å². The zero-order valence-electron chi connectivity index (χ0n) is 23.1. The average molecular weight is 588 g/mol. The van der Waals surface area contributed by atoms with Crippen LogP contribution in [0.15, 0.2) is 71.9 Å². The van der Waals surface area contributed by atoms with E-state index < -0.39 is 0 Å². The number of hydrogen-bond donors (Lipinski definition) is 3. The van der Waals surface area contributed by atoms with E-state index in [1.54, 1.807) is 49.6 Å². The maximum atomic E-state index is 15.6. The number of rotatable bonds is 9. The van der Waals surface area contributed by atoms with Crippen LogP contribution in [0.4, 0.5) is 21.7 Å². The smallest absolute Gasteiger partial charge is 0.251 e. The second-order valence-electron chi connectivity index (χ2n) is 9.72. The number of hydrogen-bond acceptors (Lipinski definition) is 7. The lowest BCUT2D eigenvalue weighted by atomic mass is 9.94. The first-order chi connectivity index (χ1) is 19.9. The van der Waals surface area contributed by atoms with Crippen molar-refractivity contribution in [2.45, 2.75) is 20.4 Å². The number of nitrogens with zero attached hydrogens (tertiary/aromatic N) is 4. The highest BCUT2D eigenvalue weighted by molar-refractivity contribution is 6.32. The molecule has 218 valence electrons. The number of carbonyl (C=O) groups excluding carboxylic acids is 1. The molecular formula is C32H35ClFN7O. The third kappa shape index (κ3) is 6.42. The summed E-state index contributed by atoms with van der Waals surface area (Å²) in [6.45, 7) is 1.88. The molecule has 5 rings (SSSR count). The summed E-state index contributed by atoms with van der Waals surface area (Å²) in [6, 6.07) is 17.6. The zero-order chi connectivity index (χ0) is 28.9. The van der Waals surface area contributed by atoms with Gasteiger partial charge in [0.25, 0.3) is 5.91 Å². The van der Waals surface area contributed by atoms with Gasteiger partial charge in [-0.25, -0.2) is 14.4 Å². The van der Waals surface area contributed by atoms with Crippen molar-refractivity contribution in [2.75, 3.05) is 44.4 Å². The minimum Gasteiger partial charge on any atom is -0.374 e. The molecule has 42 heavy (non-hydrogen) atoms. The molecule has 0 spiro atoms. The van der Waals surface area contributed by atoms with Gasteiger partial charge in [0.05, 0.1) is 23.5 Å². The highest BCUT2D eigenvalue weighted by atomic mass is 35.5. The van der Waals surface area contributed by atoms with Crippen LogP contribution in [0.3, 0.4) is 0 Å². The largest absolute Gasteiger partial charge is 0.374 e. The fourth-order valence-corrected chi connectivity index (χ4v) is 5.03. The molecule has 0 unspecified atom stereocenters. The summed E-state index contributed by atoms with van der Waals surface area (Å²) in [5.41, 5.74) is 5.98. The molecule has 1 aromatic heterocycles. The van der Waals surface area contributed by atoms with Crippen molar-refractivity contribution < 1.29 is 9.18 Å². The van der Waals surface area contributed by atoms with Crippen LogP contribution < -0.4 is 20.9 Å². The topological polar surface area (TPSA) is 94.5 Å². The van der Waals surface area contributed by atoms with Crippen molar-refractivity contribution in [2.24, 2.45) is 4.99 Å². The lowest BCUT2D eigenvalue weighted by Crippen LogP contribution is -2.25. The van der Waals surface area contributed by atoms with Crippen LogP contribution in [0.2, 0.25) is 5.02 Å². The fourth-order valence-electron chi connectivity index (χ4n) is 4.86. The van der Waals surface area contributed by atoms with Gasteiger partial charge in [0.1, 0.15) is 5.82 Å². The van der Waals surface area contributed by atoms with Gasteiger partial charge in [-0.2, -0.15) is 0 Å². The molecule has 1 amide bonds. The third-order valence-corrected chi connectivity index (χ3v) is 7.19. The van der Waals surface area contributed by atoms with Crippen LogP contribution in [-0.4, -0.2) is 55.8 Å². The molecule has 10 heteroatoms. The first kappa shape index (κ1) is 30.6. The molecule has 1 aliphatic heterocycles. The van der Waals surface area contributed by atoms with E-state index in [0.29, 0.717) is 39.1 Å². The Labute approximate surface area is 251 Å². The van der Waals surface area contributed by atoms with Crippen molar-refractivity contribution in [1.82, 2.24) is 20.6 Å². The first-order valence-electron chi connectivity index (χ1n) is 13.3. The molecule has 0 atom stereocenters.